The fourth-order valence-corrected chi connectivity index (χ4v) is 3.94. The Balaban J connectivity index is 1.88. The second-order valence-corrected chi connectivity index (χ2v) is 6.14. The van der Waals surface area contributed by atoms with Gasteiger partial charge in [-0.2, -0.15) is 0 Å². The largest absolute Gasteiger partial charge is 0.507 e. The summed E-state index contributed by atoms with van der Waals surface area (Å²) in [6.45, 7) is 1.86. The molecule has 3 atom stereocenters. The van der Waals surface area contributed by atoms with Gasteiger partial charge in [-0.15, -0.1) is 0 Å². The molecular formula is C15H24O5. The Morgan fingerprint density at radius 2 is 2.10 bits per heavy atom. The Kier molecular flexibility index (Phi) is 4.89. The summed E-state index contributed by atoms with van der Waals surface area (Å²) < 4.78 is 15.1. The quantitative estimate of drug-likeness (QED) is 0.742. The highest BCUT2D eigenvalue weighted by Crippen LogP contribution is 2.48. The van der Waals surface area contributed by atoms with E-state index in [0.717, 1.165) is 38.5 Å². The molecule has 2 bridgehead atoms. The zero-order valence-electron chi connectivity index (χ0n) is 12.4. The van der Waals surface area contributed by atoms with Crippen molar-refractivity contribution in [1.29, 1.82) is 0 Å². The van der Waals surface area contributed by atoms with Crippen molar-refractivity contribution >= 4 is 12.1 Å². The summed E-state index contributed by atoms with van der Waals surface area (Å²) in [4.78, 5) is 22.3. The minimum Gasteiger partial charge on any atom is -0.459 e. The molecule has 0 aliphatic heterocycles. The SMILES string of the molecule is COC(=O)OCCC1CC2CCCC(OC(C)=O)(C2)C1. The molecule has 0 aromatic heterocycles. The molecule has 0 saturated heterocycles. The van der Waals surface area contributed by atoms with Gasteiger partial charge < -0.3 is 14.2 Å². The number of esters is 1. The molecule has 2 saturated carbocycles. The lowest BCUT2D eigenvalue weighted by atomic mass is 9.64. The molecule has 114 valence electrons. The summed E-state index contributed by atoms with van der Waals surface area (Å²) in [6.07, 6.45) is 6.56. The van der Waals surface area contributed by atoms with Gasteiger partial charge >= 0.3 is 12.1 Å². The minimum absolute atomic E-state index is 0.183. The van der Waals surface area contributed by atoms with Gasteiger partial charge in [-0.1, -0.05) is 6.42 Å². The van der Waals surface area contributed by atoms with E-state index in [9.17, 15) is 9.59 Å². The summed E-state index contributed by atoms with van der Waals surface area (Å²) >= 11 is 0. The first kappa shape index (κ1) is 15.1. The Labute approximate surface area is 120 Å². The van der Waals surface area contributed by atoms with E-state index >= 15 is 0 Å². The van der Waals surface area contributed by atoms with Gasteiger partial charge in [-0.3, -0.25) is 4.79 Å². The summed E-state index contributed by atoms with van der Waals surface area (Å²) in [7, 11) is 1.31. The van der Waals surface area contributed by atoms with Gasteiger partial charge in [0.25, 0.3) is 0 Å². The topological polar surface area (TPSA) is 61.8 Å². The molecule has 0 aromatic rings. The highest BCUT2D eigenvalue weighted by Gasteiger charge is 2.45. The molecule has 5 nitrogen and oxygen atoms in total. The predicted molar refractivity (Wildman–Crippen MR) is 72.2 cm³/mol. The van der Waals surface area contributed by atoms with Crippen LogP contribution in [0.5, 0.6) is 0 Å². The fraction of sp³-hybridized carbons (Fsp3) is 0.867. The first-order valence-corrected chi connectivity index (χ1v) is 7.43. The molecule has 5 heteroatoms. The predicted octanol–water partition coefficient (Wildman–Crippen LogP) is 3.06. The molecule has 0 amide bonds. The van der Waals surface area contributed by atoms with E-state index in [4.69, 9.17) is 9.47 Å². The van der Waals surface area contributed by atoms with Crippen LogP contribution in [0.25, 0.3) is 0 Å². The molecule has 2 aliphatic rings. The number of methoxy groups -OCH3 is 1. The monoisotopic (exact) mass is 284 g/mol. The summed E-state index contributed by atoms with van der Waals surface area (Å²) in [5.74, 6) is 0.912. The van der Waals surface area contributed by atoms with Crippen LogP contribution in [0.3, 0.4) is 0 Å². The first-order chi connectivity index (χ1) is 9.53. The zero-order valence-corrected chi connectivity index (χ0v) is 12.4. The van der Waals surface area contributed by atoms with Crippen molar-refractivity contribution < 1.29 is 23.8 Å². The van der Waals surface area contributed by atoms with E-state index in [2.05, 4.69) is 4.74 Å². The molecule has 0 spiro atoms. The zero-order chi connectivity index (χ0) is 14.6. The number of carbonyl (C=O) groups is 2. The number of hydrogen-bond donors (Lipinski definition) is 0. The lowest BCUT2D eigenvalue weighted by Gasteiger charge is -2.47. The van der Waals surface area contributed by atoms with Crippen molar-refractivity contribution in [2.75, 3.05) is 13.7 Å². The normalized spacial score (nSPS) is 32.3. The second kappa shape index (κ2) is 6.46. The van der Waals surface area contributed by atoms with Crippen molar-refractivity contribution in [2.45, 2.75) is 57.5 Å². The third-order valence-electron chi connectivity index (χ3n) is 4.51. The highest BCUT2D eigenvalue weighted by atomic mass is 16.7. The van der Waals surface area contributed by atoms with E-state index < -0.39 is 6.16 Å². The minimum atomic E-state index is -0.629. The Hall–Kier alpha value is -1.26. The van der Waals surface area contributed by atoms with E-state index in [0.29, 0.717) is 18.4 Å². The van der Waals surface area contributed by atoms with E-state index in [1.54, 1.807) is 0 Å². The van der Waals surface area contributed by atoms with Crippen LogP contribution < -0.4 is 0 Å². The maximum Gasteiger partial charge on any atom is 0.507 e. The van der Waals surface area contributed by atoms with Crippen LogP contribution in [0.1, 0.15) is 51.9 Å². The van der Waals surface area contributed by atoms with Gasteiger partial charge in [0.2, 0.25) is 0 Å². The molecule has 0 N–H and O–H groups in total. The lowest BCUT2D eigenvalue weighted by Crippen LogP contribution is -2.45. The summed E-state index contributed by atoms with van der Waals surface area (Å²) in [5.41, 5.74) is -0.261. The van der Waals surface area contributed by atoms with Crippen LogP contribution >= 0.6 is 0 Å². The van der Waals surface area contributed by atoms with Crippen LogP contribution in [0.4, 0.5) is 4.79 Å². The second-order valence-electron chi connectivity index (χ2n) is 6.14. The number of fused-ring (bicyclic) bond motifs is 2. The molecule has 2 aliphatic carbocycles. The number of carbonyl (C=O) groups excluding carboxylic acids is 2. The van der Waals surface area contributed by atoms with Gasteiger partial charge in [0.05, 0.1) is 13.7 Å². The molecule has 0 heterocycles. The van der Waals surface area contributed by atoms with Crippen LogP contribution in [-0.2, 0) is 19.0 Å². The molecule has 0 aromatic carbocycles. The Morgan fingerprint density at radius 1 is 1.30 bits per heavy atom. The van der Waals surface area contributed by atoms with Gasteiger partial charge in [0.15, 0.2) is 0 Å². The average molecular weight is 284 g/mol. The third kappa shape index (κ3) is 3.87. The molecule has 2 rings (SSSR count). The lowest BCUT2D eigenvalue weighted by molar-refractivity contribution is -0.170. The standard InChI is InChI=1S/C15H24O5/c1-11(16)20-15-6-3-4-12(9-15)8-13(10-15)5-7-19-14(17)18-2/h12-13H,3-10H2,1-2H3. The van der Waals surface area contributed by atoms with Crippen LogP contribution in [-0.4, -0.2) is 31.4 Å². The first-order valence-electron chi connectivity index (χ1n) is 7.43. The third-order valence-corrected chi connectivity index (χ3v) is 4.51. The summed E-state index contributed by atoms with van der Waals surface area (Å²) in [5, 5.41) is 0. The molecule has 3 unspecified atom stereocenters. The average Bonchev–Trinajstić information content (AvgIpc) is 2.36. The van der Waals surface area contributed by atoms with Gasteiger partial charge in [0.1, 0.15) is 5.60 Å². The smallest absolute Gasteiger partial charge is 0.459 e. The van der Waals surface area contributed by atoms with Crippen LogP contribution in [0, 0.1) is 11.8 Å². The fourth-order valence-electron chi connectivity index (χ4n) is 3.94. The van der Waals surface area contributed by atoms with Crippen molar-refractivity contribution in [3.05, 3.63) is 0 Å². The van der Waals surface area contributed by atoms with Gasteiger partial charge in [0, 0.05) is 6.92 Å². The molecule has 2 fully saturated rings. The highest BCUT2D eigenvalue weighted by molar-refractivity contribution is 5.66. The number of rotatable bonds is 4. The van der Waals surface area contributed by atoms with Gasteiger partial charge in [-0.25, -0.2) is 4.79 Å². The van der Waals surface area contributed by atoms with Crippen molar-refractivity contribution in [3.63, 3.8) is 0 Å². The van der Waals surface area contributed by atoms with Crippen molar-refractivity contribution in [2.24, 2.45) is 11.8 Å². The summed E-state index contributed by atoms with van der Waals surface area (Å²) in [6, 6.07) is 0. The van der Waals surface area contributed by atoms with Crippen molar-refractivity contribution in [1.82, 2.24) is 0 Å². The molecule has 0 radical (unpaired) electrons. The molecular weight excluding hydrogens is 260 g/mol. The number of ether oxygens (including phenoxy) is 3. The maximum atomic E-state index is 11.3. The van der Waals surface area contributed by atoms with E-state index in [1.165, 1.54) is 20.5 Å². The van der Waals surface area contributed by atoms with Crippen molar-refractivity contribution in [3.8, 4) is 0 Å². The molecule has 20 heavy (non-hydrogen) atoms. The van der Waals surface area contributed by atoms with Crippen LogP contribution in [0.15, 0.2) is 0 Å². The van der Waals surface area contributed by atoms with E-state index in [1.807, 2.05) is 0 Å². The van der Waals surface area contributed by atoms with Crippen LogP contribution in [0.2, 0.25) is 0 Å². The van der Waals surface area contributed by atoms with E-state index in [-0.39, 0.29) is 11.6 Å². The Morgan fingerprint density at radius 3 is 2.80 bits per heavy atom. The maximum absolute atomic E-state index is 11.3. The Bertz CT molecular complexity index is 367. The van der Waals surface area contributed by atoms with Gasteiger partial charge in [-0.05, 0) is 50.4 Å². The number of hydrogen-bond acceptors (Lipinski definition) is 5.